The molecule has 8 nitrogen and oxygen atoms in total. The van der Waals surface area contributed by atoms with Gasteiger partial charge in [0.25, 0.3) is 0 Å². The number of carbonyl (C=O) groups is 1. The van der Waals surface area contributed by atoms with Crippen molar-refractivity contribution >= 4 is 50.9 Å². The topological polar surface area (TPSA) is 95.7 Å². The predicted octanol–water partition coefficient (Wildman–Crippen LogP) is 5.71. The molecule has 2 rings (SSSR count). The summed E-state index contributed by atoms with van der Waals surface area (Å²) in [5.74, 6) is -0.615. The lowest BCUT2D eigenvalue weighted by Crippen LogP contribution is -2.30. The van der Waals surface area contributed by atoms with Gasteiger partial charge in [0.1, 0.15) is 5.69 Å². The van der Waals surface area contributed by atoms with Crippen molar-refractivity contribution < 1.29 is 26.9 Å². The first-order chi connectivity index (χ1) is 16.1. The smallest absolute Gasteiger partial charge is 0.462 e. The molecule has 0 aliphatic carbocycles. The summed E-state index contributed by atoms with van der Waals surface area (Å²) in [7, 11) is -1.90. The van der Waals surface area contributed by atoms with Crippen molar-refractivity contribution in [2.75, 3.05) is 36.4 Å². The fourth-order valence-corrected chi connectivity index (χ4v) is 4.17. The van der Waals surface area contributed by atoms with Crippen LogP contribution in [-0.4, -0.2) is 47.6 Å². The van der Waals surface area contributed by atoms with Crippen LogP contribution in [0.1, 0.15) is 38.7 Å². The second-order valence-corrected chi connectivity index (χ2v) is 9.54. The van der Waals surface area contributed by atoms with Gasteiger partial charge in [0.2, 0.25) is 16.2 Å². The lowest BCUT2D eigenvalue weighted by molar-refractivity contribution is -0.138. The molecule has 1 aliphatic heterocycles. The third-order valence-electron chi connectivity index (χ3n) is 4.63. The SMILES string of the molecule is C=C(SC(N=Nc1cc2c(cc1NS(=O)C(F)(F)F)N(CCC)CCC2)=NC)C(=O)OCCC. The molecule has 0 saturated heterocycles. The largest absolute Gasteiger partial charge is 0.490 e. The molecule has 1 heterocycles. The number of aryl methyl sites for hydroxylation is 1. The molecule has 34 heavy (non-hydrogen) atoms. The summed E-state index contributed by atoms with van der Waals surface area (Å²) in [6.07, 6.45) is 3.14. The highest BCUT2D eigenvalue weighted by Gasteiger charge is 2.38. The Hall–Kier alpha value is -2.41. The van der Waals surface area contributed by atoms with Crippen molar-refractivity contribution in [3.8, 4) is 0 Å². The fraction of sp³-hybridized carbons (Fsp3) is 0.524. The van der Waals surface area contributed by atoms with Gasteiger partial charge < -0.3 is 9.64 Å². The minimum atomic E-state index is -4.95. The van der Waals surface area contributed by atoms with E-state index in [2.05, 4.69) is 26.7 Å². The number of hydrogen-bond donors (Lipinski definition) is 1. The van der Waals surface area contributed by atoms with Crippen LogP contribution in [0.15, 0.2) is 38.8 Å². The van der Waals surface area contributed by atoms with Crippen molar-refractivity contribution in [2.45, 2.75) is 45.0 Å². The molecule has 13 heteroatoms. The first kappa shape index (κ1) is 27.8. The third-order valence-corrected chi connectivity index (χ3v) is 6.32. The van der Waals surface area contributed by atoms with Crippen LogP contribution in [0, 0.1) is 0 Å². The van der Waals surface area contributed by atoms with Crippen molar-refractivity contribution in [1.82, 2.24) is 0 Å². The summed E-state index contributed by atoms with van der Waals surface area (Å²) in [6.45, 7) is 9.28. The summed E-state index contributed by atoms with van der Waals surface area (Å²) < 4.78 is 57.7. The first-order valence-electron chi connectivity index (χ1n) is 10.7. The fourth-order valence-electron chi connectivity index (χ4n) is 3.15. The zero-order chi connectivity index (χ0) is 25.3. The Bertz CT molecular complexity index is 983. The van der Waals surface area contributed by atoms with E-state index in [1.807, 2.05) is 18.6 Å². The number of benzene rings is 1. The van der Waals surface area contributed by atoms with E-state index in [1.165, 1.54) is 13.1 Å². The van der Waals surface area contributed by atoms with Crippen LogP contribution in [0.4, 0.5) is 30.2 Å². The monoisotopic (exact) mass is 519 g/mol. The molecule has 0 bridgehead atoms. The Morgan fingerprint density at radius 2 is 2.06 bits per heavy atom. The highest BCUT2D eigenvalue weighted by Crippen LogP contribution is 2.38. The Morgan fingerprint density at radius 3 is 2.68 bits per heavy atom. The van der Waals surface area contributed by atoms with E-state index < -0.39 is 22.5 Å². The Kier molecular flexibility index (Phi) is 10.5. The van der Waals surface area contributed by atoms with Gasteiger partial charge in [0.15, 0.2) is 0 Å². The molecule has 1 atom stereocenters. The molecule has 0 fully saturated rings. The third kappa shape index (κ3) is 7.83. The van der Waals surface area contributed by atoms with E-state index in [1.54, 1.807) is 6.07 Å². The minimum Gasteiger partial charge on any atom is -0.462 e. The van der Waals surface area contributed by atoms with E-state index in [0.29, 0.717) is 6.42 Å². The average molecular weight is 520 g/mol. The molecular weight excluding hydrogens is 491 g/mol. The van der Waals surface area contributed by atoms with Crippen LogP contribution >= 0.6 is 11.8 Å². The lowest BCUT2D eigenvalue weighted by Gasteiger charge is -2.32. The number of carbonyl (C=O) groups excluding carboxylic acids is 1. The molecule has 0 spiro atoms. The number of esters is 1. The van der Waals surface area contributed by atoms with Crippen LogP contribution in [0.5, 0.6) is 0 Å². The summed E-state index contributed by atoms with van der Waals surface area (Å²) in [5, 5.41) is 8.11. The molecule has 1 N–H and O–H groups in total. The van der Waals surface area contributed by atoms with Crippen LogP contribution in [0.25, 0.3) is 0 Å². The minimum absolute atomic E-state index is 0.0465. The van der Waals surface area contributed by atoms with E-state index >= 15 is 0 Å². The Labute approximate surface area is 203 Å². The molecule has 0 aromatic heterocycles. The van der Waals surface area contributed by atoms with Gasteiger partial charge in [-0.1, -0.05) is 20.4 Å². The van der Waals surface area contributed by atoms with E-state index in [9.17, 15) is 22.2 Å². The highest BCUT2D eigenvalue weighted by atomic mass is 32.2. The number of azo groups is 1. The van der Waals surface area contributed by atoms with Gasteiger partial charge in [-0.25, -0.2) is 9.00 Å². The van der Waals surface area contributed by atoms with Crippen LogP contribution in [0.3, 0.4) is 0 Å². The van der Waals surface area contributed by atoms with Gasteiger partial charge in [0, 0.05) is 25.8 Å². The molecule has 1 aliphatic rings. The maximum Gasteiger partial charge on any atom is 0.490 e. The number of rotatable bonds is 9. The molecular formula is C21H28F3N5O3S2. The number of anilines is 2. The zero-order valence-corrected chi connectivity index (χ0v) is 20.9. The molecule has 0 saturated carbocycles. The second-order valence-electron chi connectivity index (χ2n) is 7.27. The molecule has 1 aromatic carbocycles. The lowest BCUT2D eigenvalue weighted by atomic mass is 10.00. The summed E-state index contributed by atoms with van der Waals surface area (Å²) in [6, 6.07) is 3.16. The summed E-state index contributed by atoms with van der Waals surface area (Å²) in [5.41, 5.74) is -3.25. The average Bonchev–Trinajstić information content (AvgIpc) is 2.79. The normalized spacial score (nSPS) is 15.2. The van der Waals surface area contributed by atoms with Crippen molar-refractivity contribution in [2.24, 2.45) is 15.2 Å². The van der Waals surface area contributed by atoms with Crippen molar-refractivity contribution in [1.29, 1.82) is 0 Å². The number of ether oxygens (including phenoxy) is 1. The van der Waals surface area contributed by atoms with Crippen molar-refractivity contribution in [3.05, 3.63) is 29.2 Å². The number of nitrogens with zero attached hydrogens (tertiary/aromatic N) is 4. The van der Waals surface area contributed by atoms with Crippen molar-refractivity contribution in [3.63, 3.8) is 0 Å². The summed E-state index contributed by atoms with van der Waals surface area (Å²) in [4.78, 5) is 18.0. The molecule has 1 unspecified atom stereocenters. The molecule has 0 radical (unpaired) electrons. The number of halogens is 3. The van der Waals surface area contributed by atoms with Gasteiger partial charge in [0.05, 0.1) is 17.2 Å². The van der Waals surface area contributed by atoms with Gasteiger partial charge >= 0.3 is 11.5 Å². The van der Waals surface area contributed by atoms with Gasteiger partial charge in [-0.3, -0.25) is 9.71 Å². The van der Waals surface area contributed by atoms with Gasteiger partial charge in [-0.05, 0) is 55.1 Å². The standard InChI is InChI=1S/C21H28F3N5O3S2/c1-5-9-29-10-7-8-15-12-16(17(13-18(15)29)28-34(31)21(22,23)24)26-27-20(25-4)33-14(3)19(30)32-11-6-2/h12-13,28H,3,5-11H2,1-2,4H3. The van der Waals surface area contributed by atoms with E-state index in [4.69, 9.17) is 4.74 Å². The molecule has 1 aromatic rings. The zero-order valence-electron chi connectivity index (χ0n) is 19.3. The number of amidine groups is 1. The number of alkyl halides is 3. The van der Waals surface area contributed by atoms with Gasteiger partial charge in [-0.2, -0.15) is 13.2 Å². The highest BCUT2D eigenvalue weighted by molar-refractivity contribution is 8.17. The number of aliphatic imine (C=N–C) groups is 1. The molecule has 0 amide bonds. The molecule has 188 valence electrons. The first-order valence-corrected chi connectivity index (χ1v) is 12.7. The van der Waals surface area contributed by atoms with Crippen LogP contribution < -0.4 is 9.62 Å². The maximum atomic E-state index is 13.0. The summed E-state index contributed by atoms with van der Waals surface area (Å²) >= 11 is 0.834. The van der Waals surface area contributed by atoms with Crippen LogP contribution in [0.2, 0.25) is 0 Å². The maximum absolute atomic E-state index is 13.0. The number of hydrogen-bond acceptors (Lipinski definition) is 7. The van der Waals surface area contributed by atoms with E-state index in [0.717, 1.165) is 55.4 Å². The predicted molar refractivity (Wildman–Crippen MR) is 131 cm³/mol. The van der Waals surface area contributed by atoms with Gasteiger partial charge in [-0.15, -0.1) is 10.2 Å². The number of thioether (sulfide) groups is 1. The Morgan fingerprint density at radius 1 is 1.32 bits per heavy atom. The number of fused-ring (bicyclic) bond motifs is 1. The number of nitrogens with one attached hydrogen (secondary N) is 1. The second kappa shape index (κ2) is 12.9. The quantitative estimate of drug-likeness (QED) is 0.148. The Balaban J connectivity index is 2.36. The van der Waals surface area contributed by atoms with Crippen LogP contribution in [-0.2, 0) is 26.9 Å². The van der Waals surface area contributed by atoms with E-state index in [-0.39, 0.29) is 28.1 Å².